The van der Waals surface area contributed by atoms with E-state index in [2.05, 4.69) is 4.98 Å². The minimum Gasteiger partial charge on any atom is -0.505 e. The van der Waals surface area contributed by atoms with E-state index < -0.39 is 11.7 Å². The summed E-state index contributed by atoms with van der Waals surface area (Å²) in [6.45, 7) is 0. The average molecular weight is 437 g/mol. The molecule has 4 rings (SSSR count). The van der Waals surface area contributed by atoms with Crippen molar-refractivity contribution in [2.45, 2.75) is 6.18 Å². The van der Waals surface area contributed by atoms with Crippen molar-refractivity contribution >= 4 is 65.9 Å². The van der Waals surface area contributed by atoms with E-state index in [0.717, 1.165) is 33.6 Å². The van der Waals surface area contributed by atoms with Gasteiger partial charge in [-0.25, -0.2) is 4.98 Å². The van der Waals surface area contributed by atoms with Crippen LogP contribution in [0.3, 0.4) is 0 Å². The molecule has 140 valence electrons. The van der Waals surface area contributed by atoms with Gasteiger partial charge in [0.25, 0.3) is 0 Å². The third kappa shape index (κ3) is 3.11. The Kier molecular flexibility index (Phi) is 4.54. The summed E-state index contributed by atoms with van der Waals surface area (Å²) in [6.07, 6.45) is -4.49. The van der Waals surface area contributed by atoms with Gasteiger partial charge in [-0.3, -0.25) is 0 Å². The fourth-order valence-corrected chi connectivity index (χ4v) is 5.11. The summed E-state index contributed by atoms with van der Waals surface area (Å²) in [5.41, 5.74) is -0.850. The summed E-state index contributed by atoms with van der Waals surface area (Å²) in [7, 11) is 0. The number of hydrogen-bond donors (Lipinski definition) is 1. The molecule has 2 aromatic carbocycles. The number of thiazole rings is 1. The molecule has 2 aromatic heterocycles. The zero-order valence-corrected chi connectivity index (χ0v) is 16.1. The Hall–Kier alpha value is -2.60. The van der Waals surface area contributed by atoms with Crippen LogP contribution in [-0.2, 0) is 6.18 Å². The molecule has 0 radical (unpaired) electrons. The van der Waals surface area contributed by atoms with Gasteiger partial charge in [0, 0.05) is 10.1 Å². The largest absolute Gasteiger partial charge is 0.505 e. The second-order valence-electron chi connectivity index (χ2n) is 5.78. The molecule has 0 atom stereocenters. The number of nitriles is 1. The Morgan fingerprint density at radius 3 is 2.54 bits per heavy atom. The molecule has 0 aliphatic rings. The first-order valence-electron chi connectivity index (χ1n) is 7.78. The van der Waals surface area contributed by atoms with Gasteiger partial charge in [0.15, 0.2) is 5.76 Å². The molecule has 3 nitrogen and oxygen atoms in total. The summed E-state index contributed by atoms with van der Waals surface area (Å²) in [6, 6.07) is 12.4. The molecule has 0 unspecified atom stereocenters. The molecular formula is C19H8ClF3N2OS2. The van der Waals surface area contributed by atoms with E-state index >= 15 is 0 Å². The predicted molar refractivity (Wildman–Crippen MR) is 107 cm³/mol. The highest BCUT2D eigenvalue weighted by atomic mass is 35.5. The van der Waals surface area contributed by atoms with Crippen LogP contribution in [0.15, 0.2) is 42.5 Å². The molecule has 0 bridgehead atoms. The molecule has 0 fully saturated rings. The Balaban J connectivity index is 1.87. The zero-order chi connectivity index (χ0) is 20.1. The smallest absolute Gasteiger partial charge is 0.416 e. The first kappa shape index (κ1) is 18.7. The SMILES string of the molecule is N#C/C(=C(/O)c1sc2ccccc2c1Cl)c1nc2cc(C(F)(F)F)ccc2s1. The summed E-state index contributed by atoms with van der Waals surface area (Å²) in [5.74, 6) is -0.344. The Morgan fingerprint density at radius 1 is 1.11 bits per heavy atom. The summed E-state index contributed by atoms with van der Waals surface area (Å²) in [5, 5.41) is 21.4. The number of thiophene rings is 1. The number of aromatic nitrogens is 1. The van der Waals surface area contributed by atoms with Gasteiger partial charge in [-0.1, -0.05) is 29.8 Å². The van der Waals surface area contributed by atoms with Crippen molar-refractivity contribution in [2.24, 2.45) is 0 Å². The van der Waals surface area contributed by atoms with Crippen molar-refractivity contribution in [3.8, 4) is 6.07 Å². The second kappa shape index (κ2) is 6.78. The maximum absolute atomic E-state index is 12.9. The molecule has 0 saturated carbocycles. The van der Waals surface area contributed by atoms with Crippen LogP contribution in [0, 0.1) is 11.3 Å². The first-order valence-corrected chi connectivity index (χ1v) is 9.79. The lowest BCUT2D eigenvalue weighted by molar-refractivity contribution is -0.137. The second-order valence-corrected chi connectivity index (χ2v) is 8.24. The van der Waals surface area contributed by atoms with Crippen molar-refractivity contribution in [1.29, 1.82) is 5.26 Å². The van der Waals surface area contributed by atoms with Crippen molar-refractivity contribution in [3.05, 3.63) is 62.9 Å². The number of benzene rings is 2. The van der Waals surface area contributed by atoms with E-state index in [1.54, 1.807) is 6.07 Å². The monoisotopic (exact) mass is 436 g/mol. The molecular weight excluding hydrogens is 429 g/mol. The van der Waals surface area contributed by atoms with E-state index in [1.807, 2.05) is 24.3 Å². The number of nitrogens with zero attached hydrogens (tertiary/aromatic N) is 2. The number of halogens is 4. The predicted octanol–water partition coefficient (Wildman–Crippen LogP) is 7.13. The molecule has 2 heterocycles. The maximum Gasteiger partial charge on any atom is 0.416 e. The molecule has 0 saturated heterocycles. The minimum atomic E-state index is -4.49. The van der Waals surface area contributed by atoms with Crippen LogP contribution >= 0.6 is 34.3 Å². The van der Waals surface area contributed by atoms with Crippen LogP contribution in [0.5, 0.6) is 0 Å². The van der Waals surface area contributed by atoms with E-state index in [9.17, 15) is 23.5 Å². The van der Waals surface area contributed by atoms with Gasteiger partial charge in [-0.05, 0) is 24.3 Å². The van der Waals surface area contributed by atoms with Gasteiger partial charge in [0.05, 0.1) is 25.7 Å². The summed E-state index contributed by atoms with van der Waals surface area (Å²) < 4.78 is 40.0. The molecule has 0 spiro atoms. The van der Waals surface area contributed by atoms with E-state index in [4.69, 9.17) is 11.6 Å². The van der Waals surface area contributed by atoms with Gasteiger partial charge in [-0.15, -0.1) is 22.7 Å². The van der Waals surface area contributed by atoms with Crippen LogP contribution in [0.2, 0.25) is 5.02 Å². The van der Waals surface area contributed by atoms with E-state index in [1.165, 1.54) is 17.4 Å². The van der Waals surface area contributed by atoms with Crippen LogP contribution in [0.25, 0.3) is 31.6 Å². The number of allylic oxidation sites excluding steroid dienone is 1. The average Bonchev–Trinajstić information content (AvgIpc) is 3.22. The quantitative estimate of drug-likeness (QED) is 0.268. The summed E-state index contributed by atoms with van der Waals surface area (Å²) in [4.78, 5) is 4.44. The van der Waals surface area contributed by atoms with Crippen LogP contribution < -0.4 is 0 Å². The molecule has 0 amide bonds. The van der Waals surface area contributed by atoms with Crippen LogP contribution in [0.4, 0.5) is 13.2 Å². The molecule has 4 aromatic rings. The van der Waals surface area contributed by atoms with Gasteiger partial charge in [-0.2, -0.15) is 18.4 Å². The van der Waals surface area contributed by atoms with Gasteiger partial charge in [0.2, 0.25) is 0 Å². The molecule has 1 N–H and O–H groups in total. The highest BCUT2D eigenvalue weighted by Crippen LogP contribution is 2.41. The summed E-state index contributed by atoms with van der Waals surface area (Å²) >= 11 is 8.60. The first-order chi connectivity index (χ1) is 13.3. The lowest BCUT2D eigenvalue weighted by Crippen LogP contribution is -2.03. The number of aliphatic hydroxyl groups excluding tert-OH is 1. The van der Waals surface area contributed by atoms with Crippen LogP contribution in [0.1, 0.15) is 15.4 Å². The van der Waals surface area contributed by atoms with E-state index in [0.29, 0.717) is 14.6 Å². The number of aliphatic hydroxyl groups is 1. The fourth-order valence-electron chi connectivity index (χ4n) is 2.69. The maximum atomic E-state index is 12.9. The normalized spacial score (nSPS) is 13.0. The zero-order valence-electron chi connectivity index (χ0n) is 13.7. The van der Waals surface area contributed by atoms with Gasteiger partial charge < -0.3 is 5.11 Å². The molecule has 9 heteroatoms. The number of alkyl halides is 3. The lowest BCUT2D eigenvalue weighted by atomic mass is 10.2. The Labute approximate surface area is 169 Å². The minimum absolute atomic E-state index is 0.109. The van der Waals surface area contributed by atoms with Crippen molar-refractivity contribution in [2.75, 3.05) is 0 Å². The fraction of sp³-hybridized carbons (Fsp3) is 0.0526. The van der Waals surface area contributed by atoms with Gasteiger partial charge >= 0.3 is 6.18 Å². The lowest BCUT2D eigenvalue weighted by Gasteiger charge is -2.04. The highest BCUT2D eigenvalue weighted by molar-refractivity contribution is 7.21. The third-order valence-corrected chi connectivity index (χ3v) is 6.76. The van der Waals surface area contributed by atoms with Gasteiger partial charge in [0.1, 0.15) is 16.6 Å². The van der Waals surface area contributed by atoms with Crippen molar-refractivity contribution in [3.63, 3.8) is 0 Å². The molecule has 28 heavy (non-hydrogen) atoms. The number of fused-ring (bicyclic) bond motifs is 2. The van der Waals surface area contributed by atoms with Crippen molar-refractivity contribution in [1.82, 2.24) is 4.98 Å². The van der Waals surface area contributed by atoms with E-state index in [-0.39, 0.29) is 21.9 Å². The Morgan fingerprint density at radius 2 is 1.86 bits per heavy atom. The van der Waals surface area contributed by atoms with Crippen molar-refractivity contribution < 1.29 is 18.3 Å². The highest BCUT2D eigenvalue weighted by Gasteiger charge is 2.31. The topological polar surface area (TPSA) is 56.9 Å². The number of rotatable bonds is 2. The molecule has 0 aliphatic heterocycles. The third-order valence-electron chi connectivity index (χ3n) is 4.03. The Bertz CT molecular complexity index is 1300. The standard InChI is InChI=1S/C19H8ClF3N2OS2/c20-15-10-3-1-2-4-13(10)27-17(15)16(26)11(8-24)18-25-12-7-9(19(21,22)23)5-6-14(12)28-18/h1-7,26H/b16-11-. The number of hydrogen-bond acceptors (Lipinski definition) is 5. The van der Waals surface area contributed by atoms with Crippen LogP contribution in [-0.4, -0.2) is 10.1 Å². The molecule has 0 aliphatic carbocycles.